The van der Waals surface area contributed by atoms with Crippen LogP contribution in [0, 0.1) is 23.3 Å². The topological polar surface area (TPSA) is 50.2 Å². The molecule has 0 saturated carbocycles. The van der Waals surface area contributed by atoms with Gasteiger partial charge in [-0.1, -0.05) is 6.07 Å². The van der Waals surface area contributed by atoms with Crippen molar-refractivity contribution in [2.24, 2.45) is 0 Å². The summed E-state index contributed by atoms with van der Waals surface area (Å²) < 4.78 is 54.3. The van der Waals surface area contributed by atoms with Crippen LogP contribution in [-0.2, 0) is 0 Å². The van der Waals surface area contributed by atoms with E-state index in [0.717, 1.165) is 6.20 Å². The smallest absolute Gasteiger partial charge is 0.341 e. The Balaban J connectivity index is 2.82. The van der Waals surface area contributed by atoms with Gasteiger partial charge in [-0.2, -0.15) is 0 Å². The first-order valence-corrected chi connectivity index (χ1v) is 4.94. The van der Waals surface area contributed by atoms with Crippen LogP contribution < -0.4 is 0 Å². The summed E-state index contributed by atoms with van der Waals surface area (Å²) in [7, 11) is 0. The molecule has 19 heavy (non-hydrogen) atoms. The molecule has 1 N–H and O–H groups in total. The minimum absolute atomic E-state index is 0.202. The Bertz CT molecular complexity index is 630. The molecule has 1 aromatic carbocycles. The maximum Gasteiger partial charge on any atom is 0.341 e. The van der Waals surface area contributed by atoms with E-state index in [-0.39, 0.29) is 5.56 Å². The van der Waals surface area contributed by atoms with Crippen LogP contribution >= 0.6 is 0 Å². The molecule has 2 aromatic rings. The summed E-state index contributed by atoms with van der Waals surface area (Å²) in [4.78, 5) is 14.1. The highest BCUT2D eigenvalue weighted by Crippen LogP contribution is 2.31. The van der Waals surface area contributed by atoms with Crippen LogP contribution in [0.2, 0.25) is 0 Å². The molecule has 0 amide bonds. The van der Waals surface area contributed by atoms with Crippen molar-refractivity contribution in [3.63, 3.8) is 0 Å². The van der Waals surface area contributed by atoms with Gasteiger partial charge in [-0.15, -0.1) is 0 Å². The zero-order valence-corrected chi connectivity index (χ0v) is 9.12. The van der Waals surface area contributed by atoms with E-state index in [0.29, 0.717) is 0 Å². The monoisotopic (exact) mass is 271 g/mol. The van der Waals surface area contributed by atoms with Crippen molar-refractivity contribution in [2.75, 3.05) is 0 Å². The Morgan fingerprint density at radius 1 is 1.05 bits per heavy atom. The zero-order valence-electron chi connectivity index (χ0n) is 9.12. The van der Waals surface area contributed by atoms with E-state index in [1.807, 2.05) is 0 Å². The fourth-order valence-corrected chi connectivity index (χ4v) is 1.58. The van der Waals surface area contributed by atoms with Gasteiger partial charge in [0, 0.05) is 18.0 Å². The standard InChI is InChI=1S/C12H5F4NO2/c13-8-6(5-2-1-3-17-4-5)9(14)11(16)7(10(8)15)12(18)19/h1-4H,(H,18,19). The molecular formula is C12H5F4NO2. The number of aromatic carboxylic acids is 1. The summed E-state index contributed by atoms with van der Waals surface area (Å²) in [6, 6.07) is 2.50. The molecule has 7 heteroatoms. The quantitative estimate of drug-likeness (QED) is 0.674. The first kappa shape index (κ1) is 13.0. The molecule has 1 heterocycles. The van der Waals surface area contributed by atoms with Gasteiger partial charge < -0.3 is 5.11 Å². The molecule has 3 nitrogen and oxygen atoms in total. The summed E-state index contributed by atoms with van der Waals surface area (Å²) in [6.45, 7) is 0. The minimum Gasteiger partial charge on any atom is -0.477 e. The molecule has 0 fully saturated rings. The maximum atomic E-state index is 13.7. The Labute approximate surface area is 104 Å². The highest BCUT2D eigenvalue weighted by atomic mass is 19.2. The second-order valence-electron chi connectivity index (χ2n) is 3.55. The second-order valence-corrected chi connectivity index (χ2v) is 3.55. The summed E-state index contributed by atoms with van der Waals surface area (Å²) >= 11 is 0. The van der Waals surface area contributed by atoms with Crippen LogP contribution in [0.15, 0.2) is 24.5 Å². The fourth-order valence-electron chi connectivity index (χ4n) is 1.58. The van der Waals surface area contributed by atoms with Gasteiger partial charge >= 0.3 is 5.97 Å². The van der Waals surface area contributed by atoms with E-state index >= 15 is 0 Å². The number of carboxylic acid groups (broad SMARTS) is 1. The third kappa shape index (κ3) is 2.03. The summed E-state index contributed by atoms with van der Waals surface area (Å²) in [6.07, 6.45) is 2.30. The molecular weight excluding hydrogens is 266 g/mol. The molecule has 2 rings (SSSR count). The Morgan fingerprint density at radius 2 is 1.63 bits per heavy atom. The van der Waals surface area contributed by atoms with Crippen LogP contribution in [0.25, 0.3) is 11.1 Å². The number of carboxylic acids is 1. The van der Waals surface area contributed by atoms with Gasteiger partial charge in [-0.25, -0.2) is 22.4 Å². The molecule has 0 aliphatic carbocycles. The van der Waals surface area contributed by atoms with E-state index in [2.05, 4.69) is 4.98 Å². The van der Waals surface area contributed by atoms with Gasteiger partial charge in [0.1, 0.15) is 5.56 Å². The van der Waals surface area contributed by atoms with Gasteiger partial charge in [0.15, 0.2) is 23.3 Å². The van der Waals surface area contributed by atoms with Crippen molar-refractivity contribution in [2.45, 2.75) is 0 Å². The van der Waals surface area contributed by atoms with Crippen molar-refractivity contribution in [3.05, 3.63) is 53.4 Å². The van der Waals surface area contributed by atoms with Crippen molar-refractivity contribution in [1.82, 2.24) is 4.98 Å². The summed E-state index contributed by atoms with van der Waals surface area (Å²) in [5.41, 5.74) is -2.86. The lowest BCUT2D eigenvalue weighted by Gasteiger charge is -2.09. The van der Waals surface area contributed by atoms with Crippen LogP contribution in [0.3, 0.4) is 0 Å². The van der Waals surface area contributed by atoms with Crippen molar-refractivity contribution in [1.29, 1.82) is 0 Å². The lowest BCUT2D eigenvalue weighted by Crippen LogP contribution is -2.11. The lowest BCUT2D eigenvalue weighted by molar-refractivity contribution is 0.0683. The average molecular weight is 271 g/mol. The predicted octanol–water partition coefficient (Wildman–Crippen LogP) is 3.00. The zero-order chi connectivity index (χ0) is 14.2. The van der Waals surface area contributed by atoms with E-state index in [9.17, 15) is 22.4 Å². The molecule has 0 bridgehead atoms. The van der Waals surface area contributed by atoms with Crippen LogP contribution in [0.4, 0.5) is 17.6 Å². The molecule has 0 spiro atoms. The van der Waals surface area contributed by atoms with Gasteiger partial charge in [0.25, 0.3) is 0 Å². The van der Waals surface area contributed by atoms with E-state index in [1.165, 1.54) is 18.3 Å². The Kier molecular flexibility index (Phi) is 3.20. The Hall–Kier alpha value is -2.44. The lowest BCUT2D eigenvalue weighted by atomic mass is 10.0. The number of pyridine rings is 1. The fraction of sp³-hybridized carbons (Fsp3) is 0. The van der Waals surface area contributed by atoms with Crippen molar-refractivity contribution in [3.8, 4) is 11.1 Å². The number of benzene rings is 1. The number of carbonyl (C=O) groups is 1. The molecule has 0 atom stereocenters. The number of aromatic nitrogens is 1. The first-order chi connectivity index (χ1) is 8.95. The molecule has 0 radical (unpaired) electrons. The van der Waals surface area contributed by atoms with Crippen molar-refractivity contribution < 1.29 is 27.5 Å². The molecule has 0 unspecified atom stereocenters. The maximum absolute atomic E-state index is 13.7. The first-order valence-electron chi connectivity index (χ1n) is 4.94. The van der Waals surface area contributed by atoms with E-state index in [4.69, 9.17) is 5.11 Å². The minimum atomic E-state index is -2.09. The van der Waals surface area contributed by atoms with E-state index in [1.54, 1.807) is 0 Å². The number of rotatable bonds is 2. The highest BCUT2D eigenvalue weighted by molar-refractivity contribution is 5.89. The SMILES string of the molecule is O=C(O)c1c(F)c(F)c(-c2cccnc2)c(F)c1F. The predicted molar refractivity (Wildman–Crippen MR) is 56.5 cm³/mol. The van der Waals surface area contributed by atoms with Gasteiger partial charge in [-0.3, -0.25) is 4.98 Å². The van der Waals surface area contributed by atoms with Crippen molar-refractivity contribution >= 4 is 5.97 Å². The number of hydrogen-bond acceptors (Lipinski definition) is 2. The third-order valence-corrected chi connectivity index (χ3v) is 2.43. The van der Waals surface area contributed by atoms with Crippen LogP contribution in [0.5, 0.6) is 0 Å². The Morgan fingerprint density at radius 3 is 2.05 bits per heavy atom. The van der Waals surface area contributed by atoms with Crippen LogP contribution in [-0.4, -0.2) is 16.1 Å². The van der Waals surface area contributed by atoms with Crippen LogP contribution in [0.1, 0.15) is 10.4 Å². The molecule has 0 saturated heterocycles. The highest BCUT2D eigenvalue weighted by Gasteiger charge is 2.29. The third-order valence-electron chi connectivity index (χ3n) is 2.43. The molecule has 0 aliphatic rings. The normalized spacial score (nSPS) is 10.5. The largest absolute Gasteiger partial charge is 0.477 e. The average Bonchev–Trinajstić information content (AvgIpc) is 2.38. The number of halogens is 4. The second kappa shape index (κ2) is 4.68. The summed E-state index contributed by atoms with van der Waals surface area (Å²) in [5, 5.41) is 8.53. The number of hydrogen-bond donors (Lipinski definition) is 1. The van der Waals surface area contributed by atoms with Gasteiger partial charge in [0.05, 0.1) is 5.56 Å². The summed E-state index contributed by atoms with van der Waals surface area (Å²) in [5.74, 6) is -9.55. The molecule has 1 aromatic heterocycles. The van der Waals surface area contributed by atoms with Gasteiger partial charge in [0.2, 0.25) is 0 Å². The number of nitrogens with zero attached hydrogens (tertiary/aromatic N) is 1. The molecule has 0 aliphatic heterocycles. The molecule has 98 valence electrons. The van der Waals surface area contributed by atoms with E-state index < -0.39 is 40.4 Å². The van der Waals surface area contributed by atoms with Gasteiger partial charge in [-0.05, 0) is 6.07 Å².